The standard InChI is InChI=1S/C84H70N2/c1-55-38-44-70(61-30-18-10-19-31-61)57(3)82(55)85(76-52-65(59-26-14-8-15-27-59)40-46-72(76)63-34-22-12-23-35-63)78-54-79(75-49-43-68-51-69(84(5,6)7)50-67-42-48-74(78)81(75)80(67)68)86(83-56(2)39-45-71(58(83)4)62-32-20-11-21-33-62)77-53-66(60-28-16-9-17-29-60)41-47-73(77)64-36-24-13-25-37-64/h8-54,67,80H,1-7H3. The van der Waals surface area contributed by atoms with Crippen LogP contribution in [0.15, 0.2) is 284 Å². The number of rotatable bonds is 12. The third-order valence-corrected chi connectivity index (χ3v) is 18.2. The number of hydrogen-bond acceptors (Lipinski definition) is 2. The third-order valence-electron chi connectivity index (χ3n) is 18.2. The fourth-order valence-electron chi connectivity index (χ4n) is 13.9. The lowest BCUT2D eigenvalue weighted by molar-refractivity contribution is 0.499. The molecule has 14 rings (SSSR count). The van der Waals surface area contributed by atoms with Gasteiger partial charge in [-0.15, -0.1) is 0 Å². The van der Waals surface area contributed by atoms with Crippen molar-refractivity contribution in [3.63, 3.8) is 0 Å². The predicted octanol–water partition coefficient (Wildman–Crippen LogP) is 23.5. The SMILES string of the molecule is Cc1ccc(-c2ccccc2)c(C)c1N(c1cc(-c2ccccc2)ccc1-c1ccccc1)c1cc(N(c2cc(-c3ccccc3)ccc2-c2ccccc2)c2c(C)ccc(-c3ccccc3)c2C)c2c3c1C=CC1=CC(C(C)(C)C)=CC(C=C2)C13. The van der Waals surface area contributed by atoms with E-state index in [1.54, 1.807) is 0 Å². The fraction of sp³-hybridized carbons (Fsp3) is 0.119. The lowest BCUT2D eigenvalue weighted by Crippen LogP contribution is -2.27. The van der Waals surface area contributed by atoms with Crippen LogP contribution < -0.4 is 9.80 Å². The second-order valence-electron chi connectivity index (χ2n) is 24.6. The van der Waals surface area contributed by atoms with E-state index in [2.05, 4.69) is 343 Å². The molecule has 0 aromatic heterocycles. The largest absolute Gasteiger partial charge is 0.309 e. The monoisotopic (exact) mass is 1110 g/mol. The van der Waals surface area contributed by atoms with Crippen molar-refractivity contribution in [2.24, 2.45) is 11.3 Å². The molecule has 0 fully saturated rings. The van der Waals surface area contributed by atoms with Crippen LogP contribution in [-0.4, -0.2) is 0 Å². The Balaban J connectivity index is 1.17. The van der Waals surface area contributed by atoms with Crippen LogP contribution in [0.3, 0.4) is 0 Å². The van der Waals surface area contributed by atoms with Gasteiger partial charge in [0, 0.05) is 34.1 Å². The average Bonchev–Trinajstić information content (AvgIpc) is 0.822. The summed E-state index contributed by atoms with van der Waals surface area (Å²) in [5, 5.41) is 0. The highest BCUT2D eigenvalue weighted by atomic mass is 15.2. The maximum absolute atomic E-state index is 2.67. The van der Waals surface area contributed by atoms with Crippen LogP contribution in [0.25, 0.3) is 78.9 Å². The molecule has 0 saturated carbocycles. The van der Waals surface area contributed by atoms with E-state index in [4.69, 9.17) is 0 Å². The molecule has 2 nitrogen and oxygen atoms in total. The van der Waals surface area contributed by atoms with Gasteiger partial charge < -0.3 is 9.80 Å². The first-order valence-corrected chi connectivity index (χ1v) is 30.4. The smallest absolute Gasteiger partial charge is 0.0558 e. The second kappa shape index (κ2) is 22.2. The summed E-state index contributed by atoms with van der Waals surface area (Å²) in [5.74, 6) is 0.204. The van der Waals surface area contributed by atoms with Crippen molar-refractivity contribution < 1.29 is 0 Å². The van der Waals surface area contributed by atoms with Crippen molar-refractivity contribution >= 4 is 46.3 Å². The number of benzene rings is 11. The molecule has 11 aromatic carbocycles. The van der Waals surface area contributed by atoms with Gasteiger partial charge in [0.1, 0.15) is 0 Å². The molecule has 416 valence electrons. The summed E-state index contributed by atoms with van der Waals surface area (Å²) >= 11 is 0. The zero-order chi connectivity index (χ0) is 58.6. The summed E-state index contributed by atoms with van der Waals surface area (Å²) in [6.07, 6.45) is 15.0. The van der Waals surface area contributed by atoms with Crippen molar-refractivity contribution in [3.8, 4) is 66.8 Å². The molecule has 2 unspecified atom stereocenters. The molecule has 0 spiro atoms. The first kappa shape index (κ1) is 54.0. The van der Waals surface area contributed by atoms with E-state index in [9.17, 15) is 0 Å². The van der Waals surface area contributed by atoms with Gasteiger partial charge in [-0.3, -0.25) is 0 Å². The molecular weight excluding hydrogens is 1040 g/mol. The second-order valence-corrected chi connectivity index (χ2v) is 24.6. The molecular formula is C84H70N2. The molecule has 11 aromatic rings. The third kappa shape index (κ3) is 9.66. The molecule has 2 heteroatoms. The molecule has 0 heterocycles. The normalized spacial score (nSPS) is 14.7. The van der Waals surface area contributed by atoms with Crippen LogP contribution in [0.5, 0.6) is 0 Å². The van der Waals surface area contributed by atoms with Gasteiger partial charge >= 0.3 is 0 Å². The van der Waals surface area contributed by atoms with Crippen molar-refractivity contribution in [1.82, 2.24) is 0 Å². The molecule has 0 saturated heterocycles. The molecule has 0 amide bonds. The van der Waals surface area contributed by atoms with E-state index in [1.807, 2.05) is 0 Å². The summed E-state index contributed by atoms with van der Waals surface area (Å²) in [6, 6.07) is 91.9. The minimum atomic E-state index is -0.0341. The molecule has 0 N–H and O–H groups in total. The van der Waals surface area contributed by atoms with E-state index in [0.29, 0.717) is 0 Å². The Kier molecular flexibility index (Phi) is 13.9. The number of anilines is 6. The van der Waals surface area contributed by atoms with Crippen LogP contribution in [0.1, 0.15) is 65.6 Å². The van der Waals surface area contributed by atoms with Crippen molar-refractivity contribution in [2.75, 3.05) is 9.80 Å². The van der Waals surface area contributed by atoms with Crippen molar-refractivity contribution in [1.29, 1.82) is 0 Å². The highest BCUT2D eigenvalue weighted by Gasteiger charge is 2.40. The van der Waals surface area contributed by atoms with E-state index in [1.165, 1.54) is 83.5 Å². The number of hydrogen-bond donors (Lipinski definition) is 0. The topological polar surface area (TPSA) is 6.48 Å². The van der Waals surface area contributed by atoms with Crippen LogP contribution in [0.2, 0.25) is 0 Å². The maximum atomic E-state index is 2.67. The van der Waals surface area contributed by atoms with Gasteiger partial charge in [-0.05, 0) is 146 Å². The maximum Gasteiger partial charge on any atom is 0.0558 e. The Morgan fingerprint density at radius 1 is 0.337 bits per heavy atom. The van der Waals surface area contributed by atoms with Gasteiger partial charge in [0.2, 0.25) is 0 Å². The van der Waals surface area contributed by atoms with E-state index >= 15 is 0 Å². The lowest BCUT2D eigenvalue weighted by atomic mass is 9.65. The minimum Gasteiger partial charge on any atom is -0.309 e. The fourth-order valence-corrected chi connectivity index (χ4v) is 13.9. The Labute approximate surface area is 508 Å². The lowest BCUT2D eigenvalue weighted by Gasteiger charge is -2.43. The quantitative estimate of drug-likeness (QED) is 0.120. The Bertz CT molecular complexity index is 4500. The highest BCUT2D eigenvalue weighted by molar-refractivity contribution is 6.03. The first-order valence-electron chi connectivity index (χ1n) is 30.4. The summed E-state index contributed by atoms with van der Waals surface area (Å²) in [4.78, 5) is 5.35. The van der Waals surface area contributed by atoms with Crippen molar-refractivity contribution in [3.05, 3.63) is 323 Å². The zero-order valence-corrected chi connectivity index (χ0v) is 50.2. The molecule has 86 heavy (non-hydrogen) atoms. The Morgan fingerprint density at radius 3 is 1.12 bits per heavy atom. The van der Waals surface area contributed by atoms with E-state index in [-0.39, 0.29) is 17.3 Å². The van der Waals surface area contributed by atoms with Gasteiger partial charge in [-0.2, -0.15) is 0 Å². The predicted molar refractivity (Wildman–Crippen MR) is 367 cm³/mol. The van der Waals surface area contributed by atoms with Gasteiger partial charge in [0.25, 0.3) is 0 Å². The molecule has 0 radical (unpaired) electrons. The van der Waals surface area contributed by atoms with Crippen molar-refractivity contribution in [2.45, 2.75) is 54.4 Å². The zero-order valence-electron chi connectivity index (χ0n) is 50.2. The van der Waals surface area contributed by atoms with Crippen LogP contribution in [-0.2, 0) is 0 Å². The van der Waals surface area contributed by atoms with Gasteiger partial charge in [-0.25, -0.2) is 0 Å². The van der Waals surface area contributed by atoms with Crippen LogP contribution >= 0.6 is 0 Å². The highest BCUT2D eigenvalue weighted by Crippen LogP contribution is 2.59. The van der Waals surface area contributed by atoms with Crippen LogP contribution in [0, 0.1) is 39.0 Å². The number of aryl methyl sites for hydroxylation is 2. The first-order chi connectivity index (χ1) is 42.0. The molecule has 3 aliphatic rings. The molecule has 0 aliphatic heterocycles. The Hall–Kier alpha value is -10.0. The summed E-state index contributed by atoms with van der Waals surface area (Å²) < 4.78 is 0. The summed E-state index contributed by atoms with van der Waals surface area (Å²) in [7, 11) is 0. The summed E-state index contributed by atoms with van der Waals surface area (Å²) in [6.45, 7) is 16.4. The molecule has 0 bridgehead atoms. The number of nitrogens with zero attached hydrogens (tertiary/aromatic N) is 2. The summed E-state index contributed by atoms with van der Waals surface area (Å²) in [5.41, 5.74) is 32.1. The minimum absolute atomic E-state index is 0.0341. The van der Waals surface area contributed by atoms with Gasteiger partial charge in [-0.1, -0.05) is 288 Å². The van der Waals surface area contributed by atoms with Gasteiger partial charge in [0.15, 0.2) is 0 Å². The average molecular weight is 1110 g/mol. The molecule has 3 aliphatic carbocycles. The van der Waals surface area contributed by atoms with Crippen LogP contribution in [0.4, 0.5) is 34.1 Å². The molecule has 2 atom stereocenters. The van der Waals surface area contributed by atoms with E-state index in [0.717, 1.165) is 67.5 Å². The number of allylic oxidation sites excluding steroid dienone is 6. The van der Waals surface area contributed by atoms with Gasteiger partial charge in [0.05, 0.1) is 34.1 Å². The Morgan fingerprint density at radius 2 is 0.709 bits per heavy atom. The van der Waals surface area contributed by atoms with E-state index < -0.39 is 0 Å².